The molecule has 2 aromatic rings. The monoisotopic (exact) mass is 520 g/mol. The first-order chi connectivity index (χ1) is 18.2. The summed E-state index contributed by atoms with van der Waals surface area (Å²) < 4.78 is 10.7. The highest BCUT2D eigenvalue weighted by atomic mass is 16.6. The number of carbonyl (C=O) groups is 2. The highest BCUT2D eigenvalue weighted by molar-refractivity contribution is 5.94. The Morgan fingerprint density at radius 1 is 1.18 bits per heavy atom. The number of morpholine rings is 1. The van der Waals surface area contributed by atoms with Crippen LogP contribution < -0.4 is 15.5 Å². The summed E-state index contributed by atoms with van der Waals surface area (Å²) in [4.78, 5) is 33.2. The molecule has 1 unspecified atom stereocenters. The molecule has 2 amide bonds. The summed E-state index contributed by atoms with van der Waals surface area (Å²) in [6.07, 6.45) is 3.31. The van der Waals surface area contributed by atoms with Crippen molar-refractivity contribution in [2.75, 3.05) is 56.2 Å². The average Bonchev–Trinajstić information content (AvgIpc) is 2.91. The van der Waals surface area contributed by atoms with Gasteiger partial charge in [-0.05, 0) is 69.9 Å². The highest BCUT2D eigenvalue weighted by Crippen LogP contribution is 2.28. The molecule has 38 heavy (non-hydrogen) atoms. The first kappa shape index (κ1) is 27.2. The van der Waals surface area contributed by atoms with Gasteiger partial charge in [0.25, 0.3) is 5.91 Å². The van der Waals surface area contributed by atoms with Crippen LogP contribution in [0.3, 0.4) is 0 Å². The van der Waals surface area contributed by atoms with Crippen LogP contribution in [0.2, 0.25) is 0 Å². The Labute approximate surface area is 223 Å². The number of nitriles is 1. The third-order valence-electron chi connectivity index (χ3n) is 6.51. The fourth-order valence-electron chi connectivity index (χ4n) is 4.62. The largest absolute Gasteiger partial charge is 0.444 e. The minimum absolute atomic E-state index is 0.0120. The first-order valence-electron chi connectivity index (χ1n) is 13.1. The second kappa shape index (κ2) is 12.1. The molecule has 10 heteroatoms. The summed E-state index contributed by atoms with van der Waals surface area (Å²) in [5.41, 5.74) is 2.65. The molecule has 3 heterocycles. The van der Waals surface area contributed by atoms with E-state index >= 15 is 0 Å². The molecule has 0 aliphatic carbocycles. The van der Waals surface area contributed by atoms with Crippen LogP contribution in [0.5, 0.6) is 0 Å². The number of hydrogen-bond acceptors (Lipinski definition) is 8. The molecular weight excluding hydrogens is 484 g/mol. The molecule has 2 aliphatic rings. The number of benzene rings is 1. The molecule has 202 valence electrons. The summed E-state index contributed by atoms with van der Waals surface area (Å²) in [6, 6.07) is 11.3. The van der Waals surface area contributed by atoms with Gasteiger partial charge in [-0.3, -0.25) is 4.79 Å². The van der Waals surface area contributed by atoms with Crippen LogP contribution in [0.25, 0.3) is 0 Å². The Morgan fingerprint density at radius 2 is 1.92 bits per heavy atom. The summed E-state index contributed by atoms with van der Waals surface area (Å²) in [6.45, 7) is 10.0. The zero-order valence-corrected chi connectivity index (χ0v) is 22.3. The number of carbonyl (C=O) groups excluding carboxylic acids is 2. The SMILES string of the molecule is CC(C)(C)OC(=O)NCC1CCCN(c2cnc(C#N)c(Nc3ccc(C(=O)N4CCOCC4)cc3)c2)C1. The van der Waals surface area contributed by atoms with E-state index in [0.29, 0.717) is 49.8 Å². The first-order valence-corrected chi connectivity index (χ1v) is 13.1. The number of ether oxygens (including phenoxy) is 2. The number of hydrogen-bond donors (Lipinski definition) is 2. The van der Waals surface area contributed by atoms with Gasteiger partial charge in [0.1, 0.15) is 11.7 Å². The summed E-state index contributed by atoms with van der Waals surface area (Å²) in [7, 11) is 0. The molecule has 4 rings (SSSR count). The van der Waals surface area contributed by atoms with Crippen molar-refractivity contribution in [2.45, 2.75) is 39.2 Å². The maximum absolute atomic E-state index is 12.7. The Balaban J connectivity index is 1.40. The summed E-state index contributed by atoms with van der Waals surface area (Å²) in [5.74, 6) is 0.266. The van der Waals surface area contributed by atoms with E-state index in [1.54, 1.807) is 23.2 Å². The lowest BCUT2D eigenvalue weighted by atomic mass is 9.97. The van der Waals surface area contributed by atoms with E-state index in [4.69, 9.17) is 9.47 Å². The van der Waals surface area contributed by atoms with Gasteiger partial charge in [0.15, 0.2) is 5.69 Å². The van der Waals surface area contributed by atoms with Crippen molar-refractivity contribution in [3.8, 4) is 6.07 Å². The third kappa shape index (κ3) is 7.35. The highest BCUT2D eigenvalue weighted by Gasteiger charge is 2.23. The normalized spacial score (nSPS) is 17.9. The van der Waals surface area contributed by atoms with Gasteiger partial charge in [-0.25, -0.2) is 9.78 Å². The van der Waals surface area contributed by atoms with Crippen molar-refractivity contribution in [3.63, 3.8) is 0 Å². The van der Waals surface area contributed by atoms with Gasteiger partial charge in [-0.2, -0.15) is 5.26 Å². The zero-order chi connectivity index (χ0) is 27.1. The van der Waals surface area contributed by atoms with E-state index in [1.807, 2.05) is 39.0 Å². The molecular formula is C28H36N6O4. The quantitative estimate of drug-likeness (QED) is 0.588. The Hall–Kier alpha value is -3.84. The van der Waals surface area contributed by atoms with Crippen LogP contribution in [0.15, 0.2) is 36.5 Å². The van der Waals surface area contributed by atoms with Crippen molar-refractivity contribution in [1.29, 1.82) is 5.26 Å². The predicted octanol–water partition coefficient (Wildman–Crippen LogP) is 3.91. The van der Waals surface area contributed by atoms with Crippen molar-refractivity contribution in [1.82, 2.24) is 15.2 Å². The standard InChI is InChI=1S/C28H36N6O4/c1-28(2,3)38-27(36)31-17-20-5-4-10-34(19-20)23-15-24(25(16-29)30-18-23)32-22-8-6-21(7-9-22)26(35)33-11-13-37-14-12-33/h6-9,15,18,20,32H,4-5,10-14,17,19H2,1-3H3,(H,31,36). The van der Waals surface area contributed by atoms with Gasteiger partial charge >= 0.3 is 6.09 Å². The van der Waals surface area contributed by atoms with Crippen LogP contribution in [0.4, 0.5) is 21.9 Å². The Morgan fingerprint density at radius 3 is 2.61 bits per heavy atom. The summed E-state index contributed by atoms with van der Waals surface area (Å²) in [5, 5.41) is 15.8. The zero-order valence-electron chi connectivity index (χ0n) is 22.3. The molecule has 1 aromatic carbocycles. The minimum Gasteiger partial charge on any atom is -0.444 e. The Kier molecular flexibility index (Phi) is 8.69. The molecule has 10 nitrogen and oxygen atoms in total. The number of nitrogens with zero attached hydrogens (tertiary/aromatic N) is 4. The molecule has 0 spiro atoms. The third-order valence-corrected chi connectivity index (χ3v) is 6.51. The number of amides is 2. The van der Waals surface area contributed by atoms with E-state index in [0.717, 1.165) is 37.3 Å². The minimum atomic E-state index is -0.529. The molecule has 0 bridgehead atoms. The van der Waals surface area contributed by atoms with Crippen LogP contribution in [-0.2, 0) is 9.47 Å². The van der Waals surface area contributed by atoms with Crippen molar-refractivity contribution >= 4 is 29.1 Å². The smallest absolute Gasteiger partial charge is 0.407 e. The topological polar surface area (TPSA) is 120 Å². The predicted molar refractivity (Wildman–Crippen MR) is 145 cm³/mol. The fourth-order valence-corrected chi connectivity index (χ4v) is 4.62. The van der Waals surface area contributed by atoms with Crippen LogP contribution in [0, 0.1) is 17.2 Å². The number of aromatic nitrogens is 1. The molecule has 1 aromatic heterocycles. The number of alkyl carbamates (subject to hydrolysis) is 1. The lowest BCUT2D eigenvalue weighted by Gasteiger charge is -2.34. The van der Waals surface area contributed by atoms with E-state index in [1.165, 1.54) is 0 Å². The molecule has 1 atom stereocenters. The Bertz CT molecular complexity index is 1170. The molecule has 2 saturated heterocycles. The van der Waals surface area contributed by atoms with E-state index in [2.05, 4.69) is 26.6 Å². The van der Waals surface area contributed by atoms with Crippen LogP contribution in [0.1, 0.15) is 49.7 Å². The maximum atomic E-state index is 12.7. The van der Waals surface area contributed by atoms with E-state index < -0.39 is 11.7 Å². The number of nitrogens with one attached hydrogen (secondary N) is 2. The molecule has 2 N–H and O–H groups in total. The van der Waals surface area contributed by atoms with Crippen LogP contribution >= 0.6 is 0 Å². The van der Waals surface area contributed by atoms with Crippen molar-refractivity contribution in [2.24, 2.45) is 5.92 Å². The number of piperidine rings is 1. The van der Waals surface area contributed by atoms with Crippen molar-refractivity contribution < 1.29 is 19.1 Å². The number of pyridine rings is 1. The maximum Gasteiger partial charge on any atom is 0.407 e. The second-order valence-corrected chi connectivity index (χ2v) is 10.6. The number of anilines is 3. The van der Waals surface area contributed by atoms with Gasteiger partial charge in [0, 0.05) is 44.0 Å². The van der Waals surface area contributed by atoms with E-state index in [-0.39, 0.29) is 11.8 Å². The number of rotatable bonds is 6. The van der Waals surface area contributed by atoms with Crippen LogP contribution in [-0.4, -0.2) is 73.4 Å². The molecule has 2 fully saturated rings. The lowest BCUT2D eigenvalue weighted by molar-refractivity contribution is 0.0303. The van der Waals surface area contributed by atoms with Gasteiger partial charge in [0.05, 0.1) is 30.8 Å². The molecule has 2 aliphatic heterocycles. The van der Waals surface area contributed by atoms with Gasteiger partial charge < -0.3 is 29.9 Å². The average molecular weight is 521 g/mol. The fraction of sp³-hybridized carbons (Fsp3) is 0.500. The second-order valence-electron chi connectivity index (χ2n) is 10.6. The van der Waals surface area contributed by atoms with Gasteiger partial charge in [-0.15, -0.1) is 0 Å². The van der Waals surface area contributed by atoms with E-state index in [9.17, 15) is 14.9 Å². The molecule has 0 saturated carbocycles. The lowest BCUT2D eigenvalue weighted by Crippen LogP contribution is -2.42. The van der Waals surface area contributed by atoms with Gasteiger partial charge in [0.2, 0.25) is 0 Å². The van der Waals surface area contributed by atoms with Gasteiger partial charge in [-0.1, -0.05) is 0 Å². The van der Waals surface area contributed by atoms with Crippen molar-refractivity contribution in [3.05, 3.63) is 47.8 Å². The molecule has 0 radical (unpaired) electrons. The summed E-state index contributed by atoms with van der Waals surface area (Å²) >= 11 is 0.